The fourth-order valence-corrected chi connectivity index (χ4v) is 3.74. The van der Waals surface area contributed by atoms with Crippen LogP contribution in [-0.4, -0.2) is 25.0 Å². The minimum atomic E-state index is 0.105. The van der Waals surface area contributed by atoms with Gasteiger partial charge in [0, 0.05) is 23.3 Å². The van der Waals surface area contributed by atoms with E-state index in [-0.39, 0.29) is 5.54 Å². The molecule has 0 aliphatic carbocycles. The molecule has 0 unspecified atom stereocenters. The van der Waals surface area contributed by atoms with Crippen molar-refractivity contribution in [3.05, 3.63) is 23.3 Å². The van der Waals surface area contributed by atoms with Gasteiger partial charge in [-0.2, -0.15) is 0 Å². The van der Waals surface area contributed by atoms with E-state index in [0.717, 1.165) is 12.7 Å². The molecule has 0 spiro atoms. The molecule has 1 aliphatic rings. The van der Waals surface area contributed by atoms with E-state index in [4.69, 9.17) is 4.74 Å². The normalized spacial score (nSPS) is 20.8. The summed E-state index contributed by atoms with van der Waals surface area (Å²) in [5.41, 5.74) is 3.20. The van der Waals surface area contributed by atoms with Gasteiger partial charge in [-0.1, -0.05) is 6.92 Å². The second kappa shape index (κ2) is 5.12. The Morgan fingerprint density at radius 2 is 2.05 bits per heavy atom. The van der Waals surface area contributed by atoms with Crippen molar-refractivity contribution < 1.29 is 9.53 Å². The first kappa shape index (κ1) is 14.9. The quantitative estimate of drug-likeness (QED) is 0.781. The van der Waals surface area contributed by atoms with Crippen LogP contribution in [0.4, 0.5) is 5.69 Å². The maximum Gasteiger partial charge on any atom is 0.153 e. The number of methoxy groups -OCH3 is 1. The molecule has 0 aromatic heterocycles. The fraction of sp³-hybridized carbons (Fsp3) is 0.588. The molecule has 1 heterocycles. The largest absolute Gasteiger partial charge is 0.496 e. The van der Waals surface area contributed by atoms with Gasteiger partial charge in [0.1, 0.15) is 5.75 Å². The van der Waals surface area contributed by atoms with E-state index < -0.39 is 0 Å². The van der Waals surface area contributed by atoms with Gasteiger partial charge in [-0.15, -0.1) is 0 Å². The number of carbonyl (C=O) groups excluding carboxylic acids is 1. The highest BCUT2D eigenvalue weighted by Gasteiger charge is 2.38. The molecular weight excluding hydrogens is 250 g/mol. The van der Waals surface area contributed by atoms with Crippen LogP contribution in [0, 0.1) is 0 Å². The molecule has 20 heavy (non-hydrogen) atoms. The first-order chi connectivity index (χ1) is 9.31. The van der Waals surface area contributed by atoms with E-state index in [0.29, 0.717) is 23.3 Å². The van der Waals surface area contributed by atoms with E-state index in [1.54, 1.807) is 7.11 Å². The Kier molecular flexibility index (Phi) is 3.81. The zero-order valence-electron chi connectivity index (χ0n) is 13.4. The van der Waals surface area contributed by atoms with Gasteiger partial charge in [-0.3, -0.25) is 4.79 Å². The molecule has 0 fully saturated rings. The number of benzene rings is 1. The third kappa shape index (κ3) is 2.30. The van der Waals surface area contributed by atoms with Crippen LogP contribution >= 0.6 is 0 Å². The first-order valence-corrected chi connectivity index (χ1v) is 7.28. The Morgan fingerprint density at radius 1 is 1.40 bits per heavy atom. The van der Waals surface area contributed by atoms with Crippen LogP contribution in [0.5, 0.6) is 5.75 Å². The molecule has 2 rings (SSSR count). The number of fused-ring (bicyclic) bond motifs is 1. The summed E-state index contributed by atoms with van der Waals surface area (Å²) in [5, 5.41) is 0. The van der Waals surface area contributed by atoms with E-state index in [1.165, 1.54) is 11.3 Å². The molecule has 0 saturated heterocycles. The molecule has 1 aromatic carbocycles. The van der Waals surface area contributed by atoms with Gasteiger partial charge in [-0.25, -0.2) is 0 Å². The number of carbonyl (C=O) groups is 1. The van der Waals surface area contributed by atoms with E-state index in [9.17, 15) is 4.79 Å². The molecule has 0 saturated carbocycles. The molecule has 1 atom stereocenters. The number of ether oxygens (including phenoxy) is 1. The first-order valence-electron chi connectivity index (χ1n) is 7.28. The van der Waals surface area contributed by atoms with Crippen LogP contribution in [0.15, 0.2) is 12.1 Å². The number of hydrogen-bond donors (Lipinski definition) is 0. The summed E-state index contributed by atoms with van der Waals surface area (Å²) in [6.07, 6.45) is 1.97. The Labute approximate surface area is 121 Å². The van der Waals surface area contributed by atoms with Gasteiger partial charge in [0.15, 0.2) is 6.29 Å². The molecule has 1 aromatic rings. The van der Waals surface area contributed by atoms with Crippen molar-refractivity contribution >= 4 is 12.0 Å². The molecule has 0 amide bonds. The monoisotopic (exact) mass is 275 g/mol. The lowest BCUT2D eigenvalue weighted by Crippen LogP contribution is -2.51. The van der Waals surface area contributed by atoms with Crippen molar-refractivity contribution in [1.82, 2.24) is 0 Å². The zero-order valence-corrected chi connectivity index (χ0v) is 13.4. The van der Waals surface area contributed by atoms with Gasteiger partial charge in [0.25, 0.3) is 0 Å². The highest BCUT2D eigenvalue weighted by atomic mass is 16.5. The lowest BCUT2D eigenvalue weighted by atomic mass is 9.78. The predicted octanol–water partition coefficient (Wildman–Crippen LogP) is 4.01. The summed E-state index contributed by atoms with van der Waals surface area (Å²) in [6, 6.07) is 4.43. The van der Waals surface area contributed by atoms with E-state index in [1.807, 2.05) is 12.1 Å². The van der Waals surface area contributed by atoms with Crippen molar-refractivity contribution in [2.24, 2.45) is 0 Å². The Balaban J connectivity index is 2.67. The smallest absolute Gasteiger partial charge is 0.153 e. The average molecular weight is 275 g/mol. The van der Waals surface area contributed by atoms with Gasteiger partial charge in [0.2, 0.25) is 0 Å². The minimum absolute atomic E-state index is 0.105. The van der Waals surface area contributed by atoms with Crippen LogP contribution in [-0.2, 0) is 0 Å². The number of hydrogen-bond acceptors (Lipinski definition) is 3. The summed E-state index contributed by atoms with van der Waals surface area (Å²) in [4.78, 5) is 13.7. The van der Waals surface area contributed by atoms with Crippen LogP contribution in [0.1, 0.15) is 62.9 Å². The summed E-state index contributed by atoms with van der Waals surface area (Å²) >= 11 is 0. The molecular formula is C17H25NO2. The summed E-state index contributed by atoms with van der Waals surface area (Å²) in [5.74, 6) is 1.11. The van der Waals surface area contributed by atoms with Gasteiger partial charge < -0.3 is 9.64 Å². The summed E-state index contributed by atoms with van der Waals surface area (Å²) < 4.78 is 5.38. The van der Waals surface area contributed by atoms with E-state index >= 15 is 0 Å². The lowest BCUT2D eigenvalue weighted by Gasteiger charge is -2.50. The van der Waals surface area contributed by atoms with Crippen molar-refractivity contribution in [3.8, 4) is 5.75 Å². The SMILES string of the molecule is COc1cc2c(cc1C=O)[C@H](C)CC(C)(C)N2C(C)C. The highest BCUT2D eigenvalue weighted by Crippen LogP contribution is 2.46. The van der Waals surface area contributed by atoms with Crippen molar-refractivity contribution in [3.63, 3.8) is 0 Å². The number of aldehydes is 1. The van der Waals surface area contributed by atoms with Crippen molar-refractivity contribution in [1.29, 1.82) is 0 Å². The van der Waals surface area contributed by atoms with Gasteiger partial charge in [-0.05, 0) is 51.7 Å². The summed E-state index contributed by atoms with van der Waals surface area (Å²) in [6.45, 7) is 11.2. The van der Waals surface area contributed by atoms with Crippen LogP contribution in [0.2, 0.25) is 0 Å². The van der Waals surface area contributed by atoms with Crippen LogP contribution in [0.25, 0.3) is 0 Å². The molecule has 1 aliphatic heterocycles. The molecule has 110 valence electrons. The standard InChI is InChI=1S/C17H25NO2/c1-11(2)18-15-8-16(20-6)13(10-19)7-14(15)12(3)9-17(18,4)5/h7-8,10-12H,9H2,1-6H3/t12-/m1/s1. The Hall–Kier alpha value is -1.51. The topological polar surface area (TPSA) is 29.5 Å². The number of nitrogens with zero attached hydrogens (tertiary/aromatic N) is 1. The Morgan fingerprint density at radius 3 is 2.55 bits per heavy atom. The van der Waals surface area contributed by atoms with Crippen molar-refractivity contribution in [2.45, 2.75) is 58.5 Å². The molecule has 0 radical (unpaired) electrons. The Bertz CT molecular complexity index is 520. The van der Waals surface area contributed by atoms with Gasteiger partial charge >= 0.3 is 0 Å². The molecule has 0 N–H and O–H groups in total. The third-order valence-electron chi connectivity index (χ3n) is 4.27. The second-order valence-electron chi connectivity index (χ2n) is 6.65. The number of anilines is 1. The molecule has 3 heteroatoms. The van der Waals surface area contributed by atoms with Crippen LogP contribution < -0.4 is 9.64 Å². The lowest BCUT2D eigenvalue weighted by molar-refractivity contribution is 0.112. The van der Waals surface area contributed by atoms with Crippen LogP contribution in [0.3, 0.4) is 0 Å². The number of rotatable bonds is 3. The zero-order chi connectivity index (χ0) is 15.1. The third-order valence-corrected chi connectivity index (χ3v) is 4.27. The minimum Gasteiger partial charge on any atom is -0.496 e. The van der Waals surface area contributed by atoms with E-state index in [2.05, 4.69) is 39.5 Å². The summed E-state index contributed by atoms with van der Waals surface area (Å²) in [7, 11) is 1.62. The highest BCUT2D eigenvalue weighted by molar-refractivity contribution is 5.82. The molecule has 3 nitrogen and oxygen atoms in total. The molecule has 0 bridgehead atoms. The van der Waals surface area contributed by atoms with Gasteiger partial charge in [0.05, 0.1) is 12.7 Å². The fourth-order valence-electron chi connectivity index (χ4n) is 3.74. The maximum atomic E-state index is 11.2. The maximum absolute atomic E-state index is 11.2. The average Bonchev–Trinajstić information content (AvgIpc) is 2.35. The second-order valence-corrected chi connectivity index (χ2v) is 6.65. The van der Waals surface area contributed by atoms with Crippen molar-refractivity contribution in [2.75, 3.05) is 12.0 Å². The predicted molar refractivity (Wildman–Crippen MR) is 83.1 cm³/mol.